The second-order valence-corrected chi connectivity index (χ2v) is 5.64. The molecule has 1 aromatic rings. The summed E-state index contributed by atoms with van der Waals surface area (Å²) in [7, 11) is 0. The Bertz CT molecular complexity index is 399. The summed E-state index contributed by atoms with van der Waals surface area (Å²) in [4.78, 5) is 2.58. The second kappa shape index (κ2) is 6.53. The fraction of sp³-hybridized carbons (Fsp3) is 0.800. The van der Waals surface area contributed by atoms with E-state index in [0.717, 1.165) is 26.1 Å². The molecule has 1 aliphatic heterocycles. The summed E-state index contributed by atoms with van der Waals surface area (Å²) in [6.07, 6.45) is 4.85. The molecule has 0 saturated carbocycles. The summed E-state index contributed by atoms with van der Waals surface area (Å²) in [5, 5.41) is 4.65. The molecule has 0 spiro atoms. The van der Waals surface area contributed by atoms with Gasteiger partial charge in [-0.1, -0.05) is 13.3 Å². The summed E-state index contributed by atoms with van der Waals surface area (Å²) >= 11 is 0. The first-order valence-corrected chi connectivity index (χ1v) is 7.71. The lowest BCUT2D eigenvalue weighted by atomic mass is 9.96. The van der Waals surface area contributed by atoms with Crippen molar-refractivity contribution in [1.29, 1.82) is 0 Å². The molecular formula is C15H28N4. The largest absolute Gasteiger partial charge is 0.329 e. The zero-order valence-electron chi connectivity index (χ0n) is 12.6. The maximum absolute atomic E-state index is 5.95. The molecule has 4 nitrogen and oxygen atoms in total. The zero-order chi connectivity index (χ0) is 13.8. The van der Waals surface area contributed by atoms with Gasteiger partial charge in [0.2, 0.25) is 0 Å². The molecule has 4 heteroatoms. The van der Waals surface area contributed by atoms with Crippen LogP contribution in [-0.2, 0) is 19.5 Å². The number of aryl methyl sites for hydroxylation is 2. The van der Waals surface area contributed by atoms with Crippen LogP contribution in [-0.4, -0.2) is 33.3 Å². The minimum atomic E-state index is 0.536. The maximum Gasteiger partial charge on any atom is 0.0625 e. The number of nitrogens with zero attached hydrogens (tertiary/aromatic N) is 3. The monoisotopic (exact) mass is 264 g/mol. The van der Waals surface area contributed by atoms with Gasteiger partial charge in [-0.2, -0.15) is 5.10 Å². The number of likely N-dealkylation sites (tertiary alicyclic amines) is 1. The Morgan fingerprint density at radius 1 is 1.37 bits per heavy atom. The highest BCUT2D eigenvalue weighted by Crippen LogP contribution is 2.24. The molecule has 19 heavy (non-hydrogen) atoms. The van der Waals surface area contributed by atoms with E-state index in [9.17, 15) is 0 Å². The third kappa shape index (κ3) is 3.18. The van der Waals surface area contributed by atoms with Crippen LogP contribution in [0.3, 0.4) is 0 Å². The smallest absolute Gasteiger partial charge is 0.0625 e. The van der Waals surface area contributed by atoms with Crippen molar-refractivity contribution in [2.45, 2.75) is 71.6 Å². The van der Waals surface area contributed by atoms with Gasteiger partial charge in [-0.3, -0.25) is 9.58 Å². The van der Waals surface area contributed by atoms with Gasteiger partial charge in [-0.05, 0) is 39.2 Å². The SMILES string of the molecule is CCc1cc(CN2C(C)CCCC2CN)n(CC)n1. The van der Waals surface area contributed by atoms with E-state index in [2.05, 4.69) is 41.5 Å². The molecule has 1 fully saturated rings. The lowest BCUT2D eigenvalue weighted by Crippen LogP contribution is -2.48. The van der Waals surface area contributed by atoms with Crippen LogP contribution in [0, 0.1) is 0 Å². The molecule has 108 valence electrons. The van der Waals surface area contributed by atoms with Crippen molar-refractivity contribution >= 4 is 0 Å². The van der Waals surface area contributed by atoms with Gasteiger partial charge >= 0.3 is 0 Å². The first-order chi connectivity index (χ1) is 9.19. The van der Waals surface area contributed by atoms with Gasteiger partial charge in [0.1, 0.15) is 0 Å². The Morgan fingerprint density at radius 3 is 2.79 bits per heavy atom. The Labute approximate surface area is 117 Å². The number of hydrogen-bond donors (Lipinski definition) is 1. The fourth-order valence-corrected chi connectivity index (χ4v) is 3.15. The quantitative estimate of drug-likeness (QED) is 0.886. The molecule has 2 atom stereocenters. The van der Waals surface area contributed by atoms with Crippen molar-refractivity contribution in [3.8, 4) is 0 Å². The van der Waals surface area contributed by atoms with Crippen LogP contribution in [0.4, 0.5) is 0 Å². The summed E-state index contributed by atoms with van der Waals surface area (Å²) in [6, 6.07) is 3.43. The molecule has 2 rings (SSSR count). The minimum Gasteiger partial charge on any atom is -0.329 e. The van der Waals surface area contributed by atoms with Crippen LogP contribution < -0.4 is 5.73 Å². The highest BCUT2D eigenvalue weighted by molar-refractivity contribution is 5.11. The molecule has 0 aromatic carbocycles. The molecule has 2 N–H and O–H groups in total. The summed E-state index contributed by atoms with van der Waals surface area (Å²) < 4.78 is 2.15. The van der Waals surface area contributed by atoms with Crippen LogP contribution in [0.1, 0.15) is 51.4 Å². The number of aromatic nitrogens is 2. The van der Waals surface area contributed by atoms with Crippen LogP contribution >= 0.6 is 0 Å². The fourth-order valence-electron chi connectivity index (χ4n) is 3.15. The highest BCUT2D eigenvalue weighted by atomic mass is 15.3. The van der Waals surface area contributed by atoms with Crippen molar-refractivity contribution in [2.75, 3.05) is 6.54 Å². The topological polar surface area (TPSA) is 47.1 Å². The van der Waals surface area contributed by atoms with E-state index in [-0.39, 0.29) is 0 Å². The Kier molecular flexibility index (Phi) is 4.99. The lowest BCUT2D eigenvalue weighted by Gasteiger charge is -2.40. The Balaban J connectivity index is 2.15. The molecule has 0 radical (unpaired) electrons. The number of rotatable bonds is 5. The second-order valence-electron chi connectivity index (χ2n) is 5.64. The summed E-state index contributed by atoms with van der Waals surface area (Å²) in [5.74, 6) is 0. The van der Waals surface area contributed by atoms with Gasteiger partial charge < -0.3 is 5.73 Å². The van der Waals surface area contributed by atoms with Crippen molar-refractivity contribution in [3.63, 3.8) is 0 Å². The molecule has 0 aliphatic carbocycles. The Morgan fingerprint density at radius 2 is 2.16 bits per heavy atom. The van der Waals surface area contributed by atoms with Crippen LogP contribution in [0.15, 0.2) is 6.07 Å². The summed E-state index contributed by atoms with van der Waals surface area (Å²) in [5.41, 5.74) is 8.49. The third-order valence-corrected chi connectivity index (χ3v) is 4.39. The van der Waals surface area contributed by atoms with Crippen molar-refractivity contribution in [1.82, 2.24) is 14.7 Å². The first kappa shape index (κ1) is 14.5. The minimum absolute atomic E-state index is 0.536. The van der Waals surface area contributed by atoms with Gasteiger partial charge in [0.15, 0.2) is 0 Å². The van der Waals surface area contributed by atoms with Crippen molar-refractivity contribution in [3.05, 3.63) is 17.5 Å². The predicted octanol–water partition coefficient (Wildman–Crippen LogP) is 2.17. The average molecular weight is 264 g/mol. The normalized spacial score (nSPS) is 24.8. The average Bonchev–Trinajstić information content (AvgIpc) is 2.83. The molecular weight excluding hydrogens is 236 g/mol. The number of piperidine rings is 1. The lowest BCUT2D eigenvalue weighted by molar-refractivity contribution is 0.0861. The Hall–Kier alpha value is -0.870. The van der Waals surface area contributed by atoms with E-state index in [1.807, 2.05) is 0 Å². The van der Waals surface area contributed by atoms with Gasteiger partial charge in [0, 0.05) is 31.7 Å². The van der Waals surface area contributed by atoms with Crippen LogP contribution in [0.5, 0.6) is 0 Å². The molecule has 1 aromatic heterocycles. The van der Waals surface area contributed by atoms with E-state index in [1.54, 1.807) is 0 Å². The van der Waals surface area contributed by atoms with E-state index < -0.39 is 0 Å². The number of nitrogens with two attached hydrogens (primary N) is 1. The number of hydrogen-bond acceptors (Lipinski definition) is 3. The van der Waals surface area contributed by atoms with Gasteiger partial charge in [0.25, 0.3) is 0 Å². The maximum atomic E-state index is 5.95. The zero-order valence-corrected chi connectivity index (χ0v) is 12.6. The van der Waals surface area contributed by atoms with Gasteiger partial charge in [-0.25, -0.2) is 0 Å². The molecule has 0 bridgehead atoms. The highest BCUT2D eigenvalue weighted by Gasteiger charge is 2.27. The summed E-state index contributed by atoms with van der Waals surface area (Å²) in [6.45, 7) is 9.36. The van der Waals surface area contributed by atoms with E-state index in [0.29, 0.717) is 12.1 Å². The molecule has 2 heterocycles. The van der Waals surface area contributed by atoms with E-state index in [1.165, 1.54) is 30.7 Å². The van der Waals surface area contributed by atoms with Crippen LogP contribution in [0.25, 0.3) is 0 Å². The predicted molar refractivity (Wildman–Crippen MR) is 79.0 cm³/mol. The van der Waals surface area contributed by atoms with Gasteiger partial charge in [-0.15, -0.1) is 0 Å². The van der Waals surface area contributed by atoms with Crippen molar-refractivity contribution in [2.24, 2.45) is 5.73 Å². The molecule has 0 amide bonds. The van der Waals surface area contributed by atoms with Gasteiger partial charge in [0.05, 0.1) is 11.4 Å². The molecule has 1 aliphatic rings. The molecule has 1 saturated heterocycles. The van der Waals surface area contributed by atoms with E-state index in [4.69, 9.17) is 5.73 Å². The van der Waals surface area contributed by atoms with Crippen LogP contribution in [0.2, 0.25) is 0 Å². The standard InChI is InChI=1S/C15H28N4/c1-4-13-9-15(19(5-2)17-13)11-18-12(3)7-6-8-14(18)10-16/h9,12,14H,4-8,10-11,16H2,1-3H3. The molecule has 2 unspecified atom stereocenters. The first-order valence-electron chi connectivity index (χ1n) is 7.71. The van der Waals surface area contributed by atoms with E-state index >= 15 is 0 Å². The van der Waals surface area contributed by atoms with Crippen molar-refractivity contribution < 1.29 is 0 Å². The third-order valence-electron chi connectivity index (χ3n) is 4.39.